The summed E-state index contributed by atoms with van der Waals surface area (Å²) in [6.07, 6.45) is 10.6. The first-order chi connectivity index (χ1) is 11.7. The molecule has 2 rings (SSSR count). The SMILES string of the molecule is CN1C=C[NH+](COCCOC[NH+]2C=CN(C)C2/C=N\O)C1/C=N\O.[Cl-].[Cl-]. The zero-order chi connectivity index (χ0) is 17.4. The van der Waals surface area contributed by atoms with E-state index in [1.807, 2.05) is 48.7 Å². The van der Waals surface area contributed by atoms with Gasteiger partial charge >= 0.3 is 0 Å². The van der Waals surface area contributed by atoms with E-state index in [0.29, 0.717) is 26.7 Å². The predicted octanol–water partition coefficient (Wildman–Crippen LogP) is -8.88. The Morgan fingerprint density at radius 3 is 1.62 bits per heavy atom. The molecule has 0 saturated carbocycles. The highest BCUT2D eigenvalue weighted by atomic mass is 35.5. The van der Waals surface area contributed by atoms with Gasteiger partial charge in [-0.3, -0.25) is 9.80 Å². The Morgan fingerprint density at radius 1 is 0.885 bits per heavy atom. The Balaban J connectivity index is 0.00000312. The van der Waals surface area contributed by atoms with Gasteiger partial charge in [0, 0.05) is 14.1 Å². The molecule has 0 amide bonds. The maximum atomic E-state index is 8.69. The molecular weight excluding hydrogens is 387 g/mol. The number of quaternary nitrogens is 2. The average Bonchev–Trinajstić information content (AvgIpc) is 3.09. The minimum absolute atomic E-state index is 0. The molecule has 0 aromatic carbocycles. The van der Waals surface area contributed by atoms with E-state index in [9.17, 15) is 0 Å². The molecule has 150 valence electrons. The lowest BCUT2D eigenvalue weighted by molar-refractivity contribution is -0.888. The molecule has 10 nitrogen and oxygen atoms in total. The van der Waals surface area contributed by atoms with Gasteiger partial charge in [0.05, 0.1) is 25.6 Å². The number of halogens is 2. The summed E-state index contributed by atoms with van der Waals surface area (Å²) in [5, 5.41) is 23.6. The second-order valence-electron chi connectivity index (χ2n) is 5.64. The lowest BCUT2D eigenvalue weighted by atomic mass is 10.5. The van der Waals surface area contributed by atoms with E-state index in [0.717, 1.165) is 9.80 Å². The van der Waals surface area contributed by atoms with Crippen LogP contribution in [0.4, 0.5) is 0 Å². The van der Waals surface area contributed by atoms with Crippen molar-refractivity contribution in [1.29, 1.82) is 0 Å². The topological polar surface area (TPSA) is 99.0 Å². The Kier molecular flexibility index (Phi) is 12.0. The van der Waals surface area contributed by atoms with E-state index in [2.05, 4.69) is 10.3 Å². The van der Waals surface area contributed by atoms with Crippen molar-refractivity contribution < 1.29 is 54.5 Å². The van der Waals surface area contributed by atoms with Gasteiger partial charge in [-0.1, -0.05) is 10.3 Å². The molecule has 0 spiro atoms. The van der Waals surface area contributed by atoms with Gasteiger partial charge in [-0.15, -0.1) is 0 Å². The van der Waals surface area contributed by atoms with Gasteiger partial charge in [0.1, 0.15) is 24.8 Å². The molecule has 0 aromatic heterocycles. The van der Waals surface area contributed by atoms with Crippen molar-refractivity contribution in [1.82, 2.24) is 9.80 Å². The van der Waals surface area contributed by atoms with Crippen molar-refractivity contribution in [2.24, 2.45) is 10.3 Å². The maximum absolute atomic E-state index is 8.69. The second-order valence-corrected chi connectivity index (χ2v) is 5.64. The molecule has 12 heteroatoms. The van der Waals surface area contributed by atoms with Crippen LogP contribution in [0.5, 0.6) is 0 Å². The van der Waals surface area contributed by atoms with Gasteiger partial charge in [0.15, 0.2) is 13.5 Å². The van der Waals surface area contributed by atoms with Crippen LogP contribution in [0.1, 0.15) is 0 Å². The van der Waals surface area contributed by atoms with Crippen LogP contribution in [0.2, 0.25) is 0 Å². The number of rotatable bonds is 9. The van der Waals surface area contributed by atoms with Crippen LogP contribution in [-0.4, -0.2) is 85.7 Å². The van der Waals surface area contributed by atoms with E-state index in [1.54, 1.807) is 0 Å². The lowest BCUT2D eigenvalue weighted by Gasteiger charge is -2.22. The van der Waals surface area contributed by atoms with Crippen molar-refractivity contribution in [3.8, 4) is 0 Å². The normalized spacial score (nSPS) is 27.5. The summed E-state index contributed by atoms with van der Waals surface area (Å²) in [6.45, 7) is 1.85. The highest BCUT2D eigenvalue weighted by Gasteiger charge is 2.28. The lowest BCUT2D eigenvalue weighted by Crippen LogP contribution is -3.12. The number of nitrogens with zero attached hydrogens (tertiary/aromatic N) is 4. The highest BCUT2D eigenvalue weighted by Crippen LogP contribution is 1.94. The summed E-state index contributed by atoms with van der Waals surface area (Å²) in [4.78, 5) is 5.95. The molecule has 0 fully saturated rings. The molecule has 0 radical (unpaired) electrons. The van der Waals surface area contributed by atoms with E-state index in [4.69, 9.17) is 19.9 Å². The molecule has 4 atom stereocenters. The molecule has 0 aliphatic carbocycles. The van der Waals surface area contributed by atoms with Crippen molar-refractivity contribution in [2.45, 2.75) is 12.3 Å². The molecule has 0 bridgehead atoms. The van der Waals surface area contributed by atoms with Crippen molar-refractivity contribution >= 4 is 12.4 Å². The van der Waals surface area contributed by atoms with E-state index in [-0.39, 0.29) is 37.1 Å². The van der Waals surface area contributed by atoms with Crippen LogP contribution in [0.3, 0.4) is 0 Å². The first kappa shape index (κ1) is 24.4. The van der Waals surface area contributed by atoms with Crippen LogP contribution in [0, 0.1) is 0 Å². The Bertz CT molecular complexity index is 464. The molecule has 4 unspecified atom stereocenters. The van der Waals surface area contributed by atoms with Crippen molar-refractivity contribution in [2.75, 3.05) is 40.8 Å². The maximum Gasteiger partial charge on any atom is 0.209 e. The molecule has 2 aliphatic heterocycles. The summed E-state index contributed by atoms with van der Waals surface area (Å²) in [5.74, 6) is 0. The quantitative estimate of drug-likeness (QED) is 0.130. The van der Waals surface area contributed by atoms with Crippen molar-refractivity contribution in [3.05, 3.63) is 24.8 Å². The molecule has 2 aliphatic rings. The minimum atomic E-state index is -0.0656. The Morgan fingerprint density at radius 2 is 1.27 bits per heavy atom. The fourth-order valence-electron chi connectivity index (χ4n) is 2.63. The van der Waals surface area contributed by atoms with Crippen LogP contribution in [0.15, 0.2) is 35.1 Å². The number of hydrogen-bond donors (Lipinski definition) is 4. The fraction of sp³-hybridized carbons (Fsp3) is 0.571. The third kappa shape index (κ3) is 6.63. The summed E-state index contributed by atoms with van der Waals surface area (Å²) >= 11 is 0. The number of hydrogen-bond acceptors (Lipinski definition) is 8. The largest absolute Gasteiger partial charge is 1.00 e. The van der Waals surface area contributed by atoms with Gasteiger partial charge in [0.2, 0.25) is 12.3 Å². The summed E-state index contributed by atoms with van der Waals surface area (Å²) in [7, 11) is 3.82. The standard InChI is InChI=1S/C14H24N6O4.2ClH/c1-17-3-5-19(13(17)9-15-21)11-23-7-8-24-12-20-6-4-18(2)14(20)10-16-22;;/h3-6,9-10,13-14,21-22H,7-8,11-12H2,1-2H3;2*1H/b15-9-,16-10-;;. The summed E-state index contributed by atoms with van der Waals surface area (Å²) in [6, 6.07) is 0. The van der Waals surface area contributed by atoms with Gasteiger partial charge in [-0.25, -0.2) is 0 Å². The van der Waals surface area contributed by atoms with Crippen LogP contribution >= 0.6 is 0 Å². The zero-order valence-corrected chi connectivity index (χ0v) is 16.2. The number of nitrogens with one attached hydrogen (secondary N) is 2. The molecule has 4 N–H and O–H groups in total. The Labute approximate surface area is 165 Å². The predicted molar refractivity (Wildman–Crippen MR) is 85.5 cm³/mol. The molecule has 0 saturated heterocycles. The first-order valence-corrected chi connectivity index (χ1v) is 7.69. The summed E-state index contributed by atoms with van der Waals surface area (Å²) in [5.41, 5.74) is 0. The highest BCUT2D eigenvalue weighted by molar-refractivity contribution is 5.62. The van der Waals surface area contributed by atoms with Crippen LogP contribution < -0.4 is 34.6 Å². The third-order valence-electron chi connectivity index (χ3n) is 4.01. The van der Waals surface area contributed by atoms with Crippen LogP contribution in [-0.2, 0) is 9.47 Å². The first-order valence-electron chi connectivity index (χ1n) is 7.69. The minimum Gasteiger partial charge on any atom is -1.00 e. The van der Waals surface area contributed by atoms with Crippen LogP contribution in [0.25, 0.3) is 0 Å². The van der Waals surface area contributed by atoms with Crippen molar-refractivity contribution in [3.63, 3.8) is 0 Å². The monoisotopic (exact) mass is 412 g/mol. The zero-order valence-electron chi connectivity index (χ0n) is 14.7. The Hall–Kier alpha value is -1.56. The second kappa shape index (κ2) is 12.7. The summed E-state index contributed by atoms with van der Waals surface area (Å²) < 4.78 is 11.2. The number of oxime groups is 2. The average molecular weight is 413 g/mol. The molecule has 0 aromatic rings. The van der Waals surface area contributed by atoms with Gasteiger partial charge in [-0.05, 0) is 0 Å². The molecule has 26 heavy (non-hydrogen) atoms. The van der Waals surface area contributed by atoms with E-state index >= 15 is 0 Å². The molecular formula is C14H26Cl2N6O4. The van der Waals surface area contributed by atoms with Gasteiger partial charge in [0.25, 0.3) is 0 Å². The fourth-order valence-corrected chi connectivity index (χ4v) is 2.63. The van der Waals surface area contributed by atoms with Gasteiger partial charge in [-0.2, -0.15) is 0 Å². The molecule has 2 heterocycles. The third-order valence-corrected chi connectivity index (χ3v) is 4.01. The number of ether oxygens (including phenoxy) is 2. The van der Waals surface area contributed by atoms with E-state index < -0.39 is 0 Å². The van der Waals surface area contributed by atoms with Gasteiger partial charge < -0.3 is 54.5 Å². The van der Waals surface area contributed by atoms with E-state index in [1.165, 1.54) is 12.4 Å². The smallest absolute Gasteiger partial charge is 0.209 e.